The van der Waals surface area contributed by atoms with Gasteiger partial charge in [0.2, 0.25) is 0 Å². The molecule has 1 amide bonds. The maximum absolute atomic E-state index is 12.9. The monoisotopic (exact) mass is 313 g/mol. The Balaban J connectivity index is 1.85. The summed E-state index contributed by atoms with van der Waals surface area (Å²) in [7, 11) is 0. The van der Waals surface area contributed by atoms with E-state index < -0.39 is 0 Å². The highest BCUT2D eigenvalue weighted by Gasteiger charge is 2.28. The van der Waals surface area contributed by atoms with Crippen LogP contribution in [-0.2, 0) is 0 Å². The van der Waals surface area contributed by atoms with Crippen LogP contribution < -0.4 is 0 Å². The standard InChI is InChI=1S/C18H23N3O2/c1-14-13-17(19-21(14)16-8-3-2-4-9-16)18(23)20-11-6-5-7-15(20)10-12-22/h2-4,8-9,13,15,22H,5-7,10-12H2,1H3. The van der Waals surface area contributed by atoms with Crippen LogP contribution in [0.25, 0.3) is 5.69 Å². The lowest BCUT2D eigenvalue weighted by molar-refractivity contribution is 0.0568. The van der Waals surface area contributed by atoms with Gasteiger partial charge in [-0.1, -0.05) is 18.2 Å². The topological polar surface area (TPSA) is 58.4 Å². The quantitative estimate of drug-likeness (QED) is 0.944. The minimum atomic E-state index is -0.0269. The van der Waals surface area contributed by atoms with E-state index in [1.165, 1.54) is 0 Å². The maximum atomic E-state index is 12.9. The van der Waals surface area contributed by atoms with E-state index in [1.54, 1.807) is 4.68 Å². The van der Waals surface area contributed by atoms with Gasteiger partial charge < -0.3 is 10.0 Å². The van der Waals surface area contributed by atoms with Gasteiger partial charge in [0.25, 0.3) is 5.91 Å². The molecule has 1 fully saturated rings. The number of hydrogen-bond donors (Lipinski definition) is 1. The number of rotatable bonds is 4. The zero-order valence-corrected chi connectivity index (χ0v) is 13.5. The summed E-state index contributed by atoms with van der Waals surface area (Å²) < 4.78 is 1.80. The fourth-order valence-corrected chi connectivity index (χ4v) is 3.27. The zero-order valence-electron chi connectivity index (χ0n) is 13.5. The molecule has 2 heterocycles. The van der Waals surface area contributed by atoms with Crippen molar-refractivity contribution in [3.63, 3.8) is 0 Å². The number of benzene rings is 1. The number of aromatic nitrogens is 2. The van der Waals surface area contributed by atoms with Crippen molar-refractivity contribution in [1.82, 2.24) is 14.7 Å². The van der Waals surface area contributed by atoms with Gasteiger partial charge in [0.05, 0.1) is 5.69 Å². The van der Waals surface area contributed by atoms with Crippen molar-refractivity contribution in [2.24, 2.45) is 0 Å². The number of hydrogen-bond acceptors (Lipinski definition) is 3. The molecule has 1 saturated heterocycles. The Bertz CT molecular complexity index is 664. The van der Waals surface area contributed by atoms with Crippen molar-refractivity contribution in [1.29, 1.82) is 0 Å². The van der Waals surface area contributed by atoms with E-state index in [2.05, 4.69) is 5.10 Å². The van der Waals surface area contributed by atoms with Gasteiger partial charge in [-0.05, 0) is 50.8 Å². The molecule has 122 valence electrons. The average Bonchev–Trinajstić information content (AvgIpc) is 2.98. The van der Waals surface area contributed by atoms with Crippen LogP contribution in [0.5, 0.6) is 0 Å². The van der Waals surface area contributed by atoms with Crippen LogP contribution in [0, 0.1) is 6.92 Å². The molecule has 3 rings (SSSR count). The Labute approximate surface area is 136 Å². The lowest BCUT2D eigenvalue weighted by atomic mass is 9.99. The number of amides is 1. The average molecular weight is 313 g/mol. The van der Waals surface area contributed by atoms with E-state index in [0.29, 0.717) is 12.1 Å². The van der Waals surface area contributed by atoms with Gasteiger partial charge in [0.1, 0.15) is 0 Å². The molecule has 0 radical (unpaired) electrons. The maximum Gasteiger partial charge on any atom is 0.274 e. The summed E-state index contributed by atoms with van der Waals surface area (Å²) in [6.45, 7) is 2.82. The van der Waals surface area contributed by atoms with Crippen molar-refractivity contribution in [3.05, 3.63) is 47.8 Å². The number of carbonyl (C=O) groups excluding carboxylic acids is 1. The summed E-state index contributed by atoms with van der Waals surface area (Å²) in [4.78, 5) is 14.7. The number of nitrogens with zero attached hydrogens (tertiary/aromatic N) is 3. The summed E-state index contributed by atoms with van der Waals surface area (Å²) in [6.07, 6.45) is 3.74. The third-order valence-corrected chi connectivity index (χ3v) is 4.46. The predicted octanol–water partition coefficient (Wildman–Crippen LogP) is 2.56. The summed E-state index contributed by atoms with van der Waals surface area (Å²) in [5.74, 6) is -0.0269. The first kappa shape index (κ1) is 15.7. The molecule has 2 aromatic rings. The second-order valence-electron chi connectivity index (χ2n) is 6.08. The van der Waals surface area contributed by atoms with Crippen molar-refractivity contribution >= 4 is 5.91 Å². The van der Waals surface area contributed by atoms with Gasteiger partial charge in [-0.25, -0.2) is 4.68 Å². The molecule has 1 N–H and O–H groups in total. The molecule has 0 aliphatic carbocycles. The summed E-state index contributed by atoms with van der Waals surface area (Å²) >= 11 is 0. The van der Waals surface area contributed by atoms with E-state index in [-0.39, 0.29) is 18.6 Å². The molecule has 1 aliphatic rings. The first-order valence-corrected chi connectivity index (χ1v) is 8.24. The molecule has 1 unspecified atom stereocenters. The Kier molecular flexibility index (Phi) is 4.76. The molecular formula is C18H23N3O2. The van der Waals surface area contributed by atoms with Gasteiger partial charge in [0.15, 0.2) is 5.69 Å². The molecular weight excluding hydrogens is 290 g/mol. The third kappa shape index (κ3) is 3.29. The smallest absolute Gasteiger partial charge is 0.274 e. The van der Waals surface area contributed by atoms with Crippen LogP contribution in [0.2, 0.25) is 0 Å². The fraction of sp³-hybridized carbons (Fsp3) is 0.444. The number of para-hydroxylation sites is 1. The summed E-state index contributed by atoms with van der Waals surface area (Å²) in [5, 5.41) is 13.7. The second-order valence-corrected chi connectivity index (χ2v) is 6.08. The fourth-order valence-electron chi connectivity index (χ4n) is 3.27. The highest BCUT2D eigenvalue weighted by atomic mass is 16.3. The second kappa shape index (κ2) is 6.96. The molecule has 5 nitrogen and oxygen atoms in total. The summed E-state index contributed by atoms with van der Waals surface area (Å²) in [5.41, 5.74) is 2.38. The first-order chi connectivity index (χ1) is 11.2. The molecule has 0 bridgehead atoms. The Morgan fingerprint density at radius 2 is 2.09 bits per heavy atom. The molecule has 1 aromatic carbocycles. The van der Waals surface area contributed by atoms with Crippen molar-refractivity contribution < 1.29 is 9.90 Å². The van der Waals surface area contributed by atoms with Gasteiger partial charge in [0, 0.05) is 24.9 Å². The predicted molar refractivity (Wildman–Crippen MR) is 88.7 cm³/mol. The minimum absolute atomic E-state index is 0.0269. The highest BCUT2D eigenvalue weighted by molar-refractivity contribution is 5.92. The van der Waals surface area contributed by atoms with Crippen LogP contribution in [-0.4, -0.2) is 44.9 Å². The molecule has 0 spiro atoms. The van der Waals surface area contributed by atoms with E-state index in [4.69, 9.17) is 0 Å². The largest absolute Gasteiger partial charge is 0.396 e. The number of piperidine rings is 1. The number of aliphatic hydroxyl groups excluding tert-OH is 1. The first-order valence-electron chi connectivity index (χ1n) is 8.24. The lowest BCUT2D eigenvalue weighted by Crippen LogP contribution is -2.44. The van der Waals surface area contributed by atoms with E-state index in [0.717, 1.165) is 37.2 Å². The Morgan fingerprint density at radius 3 is 2.83 bits per heavy atom. The van der Waals surface area contributed by atoms with E-state index >= 15 is 0 Å². The number of carbonyl (C=O) groups is 1. The van der Waals surface area contributed by atoms with E-state index in [1.807, 2.05) is 48.2 Å². The van der Waals surface area contributed by atoms with Gasteiger partial charge in [-0.2, -0.15) is 5.10 Å². The third-order valence-electron chi connectivity index (χ3n) is 4.46. The highest BCUT2D eigenvalue weighted by Crippen LogP contribution is 2.22. The van der Waals surface area contributed by atoms with Crippen LogP contribution in [0.4, 0.5) is 0 Å². The Morgan fingerprint density at radius 1 is 1.30 bits per heavy atom. The molecule has 1 aliphatic heterocycles. The minimum Gasteiger partial charge on any atom is -0.396 e. The van der Waals surface area contributed by atoms with Crippen molar-refractivity contribution in [2.45, 2.75) is 38.6 Å². The number of aryl methyl sites for hydroxylation is 1. The SMILES string of the molecule is Cc1cc(C(=O)N2CCCCC2CCO)nn1-c1ccccc1. The van der Waals surface area contributed by atoms with Gasteiger partial charge >= 0.3 is 0 Å². The molecule has 1 aromatic heterocycles. The Hall–Kier alpha value is -2.14. The number of aliphatic hydroxyl groups is 1. The molecule has 5 heteroatoms. The lowest BCUT2D eigenvalue weighted by Gasteiger charge is -2.35. The van der Waals surface area contributed by atoms with E-state index in [9.17, 15) is 9.90 Å². The van der Waals surface area contributed by atoms with Crippen LogP contribution in [0.15, 0.2) is 36.4 Å². The van der Waals surface area contributed by atoms with Crippen LogP contribution in [0.1, 0.15) is 41.9 Å². The molecule has 23 heavy (non-hydrogen) atoms. The van der Waals surface area contributed by atoms with Gasteiger partial charge in [-0.3, -0.25) is 4.79 Å². The van der Waals surface area contributed by atoms with Crippen molar-refractivity contribution in [3.8, 4) is 5.69 Å². The summed E-state index contributed by atoms with van der Waals surface area (Å²) in [6, 6.07) is 11.8. The normalized spacial score (nSPS) is 18.2. The van der Waals surface area contributed by atoms with Gasteiger partial charge in [-0.15, -0.1) is 0 Å². The number of likely N-dealkylation sites (tertiary alicyclic amines) is 1. The van der Waals surface area contributed by atoms with Crippen LogP contribution in [0.3, 0.4) is 0 Å². The van der Waals surface area contributed by atoms with Crippen LogP contribution >= 0.6 is 0 Å². The molecule has 1 atom stereocenters. The molecule has 0 saturated carbocycles. The van der Waals surface area contributed by atoms with Crippen molar-refractivity contribution in [2.75, 3.05) is 13.2 Å². The zero-order chi connectivity index (χ0) is 16.2.